The van der Waals surface area contributed by atoms with Crippen molar-refractivity contribution in [3.63, 3.8) is 0 Å². The van der Waals surface area contributed by atoms with E-state index in [0.29, 0.717) is 18.0 Å². The van der Waals surface area contributed by atoms with Crippen LogP contribution in [0.15, 0.2) is 24.3 Å². The molecule has 0 aromatic heterocycles. The minimum atomic E-state index is -0.185. The summed E-state index contributed by atoms with van der Waals surface area (Å²) < 4.78 is 0. The highest BCUT2D eigenvalue weighted by molar-refractivity contribution is 7.99. The van der Waals surface area contributed by atoms with Crippen molar-refractivity contribution in [2.24, 2.45) is 5.92 Å². The Kier molecular flexibility index (Phi) is 3.72. The van der Waals surface area contributed by atoms with E-state index in [1.807, 2.05) is 11.8 Å². The molecule has 1 heterocycles. The van der Waals surface area contributed by atoms with Gasteiger partial charge in [-0.1, -0.05) is 12.1 Å². The lowest BCUT2D eigenvalue weighted by molar-refractivity contribution is 0.0946. The van der Waals surface area contributed by atoms with Gasteiger partial charge < -0.3 is 10.4 Å². The number of para-hydroxylation sites is 1. The van der Waals surface area contributed by atoms with Gasteiger partial charge in [-0.05, 0) is 36.0 Å². The second-order valence-electron chi connectivity index (χ2n) is 3.96. The van der Waals surface area contributed by atoms with Gasteiger partial charge in [0.2, 0.25) is 0 Å². The number of nitrogens with one attached hydrogen (secondary N) is 1. The zero-order valence-electron chi connectivity index (χ0n) is 8.98. The van der Waals surface area contributed by atoms with Crippen LogP contribution in [-0.2, 0) is 0 Å². The van der Waals surface area contributed by atoms with Gasteiger partial charge in [-0.15, -0.1) is 0 Å². The molecule has 1 fully saturated rings. The lowest BCUT2D eigenvalue weighted by atomic mass is 10.1. The summed E-state index contributed by atoms with van der Waals surface area (Å²) in [5, 5.41) is 12.4. The lowest BCUT2D eigenvalue weighted by Gasteiger charge is -2.10. The summed E-state index contributed by atoms with van der Waals surface area (Å²) in [7, 11) is 0. The molecule has 16 heavy (non-hydrogen) atoms. The van der Waals surface area contributed by atoms with Crippen LogP contribution in [0.2, 0.25) is 0 Å². The molecule has 3 nitrogen and oxygen atoms in total. The number of hydrogen-bond acceptors (Lipinski definition) is 3. The van der Waals surface area contributed by atoms with E-state index in [9.17, 15) is 9.90 Å². The van der Waals surface area contributed by atoms with E-state index < -0.39 is 0 Å². The van der Waals surface area contributed by atoms with Gasteiger partial charge in [0.25, 0.3) is 5.91 Å². The summed E-state index contributed by atoms with van der Waals surface area (Å²) in [5.74, 6) is 2.76. The maximum atomic E-state index is 11.7. The molecule has 0 radical (unpaired) electrons. The van der Waals surface area contributed by atoms with Gasteiger partial charge in [0, 0.05) is 6.54 Å². The molecule has 86 valence electrons. The van der Waals surface area contributed by atoms with Gasteiger partial charge in [0.15, 0.2) is 0 Å². The summed E-state index contributed by atoms with van der Waals surface area (Å²) in [6.45, 7) is 0.708. The predicted octanol–water partition coefficient (Wildman–Crippen LogP) is 1.88. The van der Waals surface area contributed by atoms with E-state index in [1.54, 1.807) is 18.2 Å². The Balaban J connectivity index is 1.90. The Morgan fingerprint density at radius 2 is 2.31 bits per heavy atom. The van der Waals surface area contributed by atoms with E-state index in [-0.39, 0.29) is 11.7 Å². The van der Waals surface area contributed by atoms with Gasteiger partial charge in [0.05, 0.1) is 5.56 Å². The van der Waals surface area contributed by atoms with Gasteiger partial charge >= 0.3 is 0 Å². The minimum Gasteiger partial charge on any atom is -0.507 e. The molecule has 0 saturated carbocycles. The van der Waals surface area contributed by atoms with Crippen molar-refractivity contribution in [3.05, 3.63) is 29.8 Å². The monoisotopic (exact) mass is 237 g/mol. The zero-order valence-corrected chi connectivity index (χ0v) is 9.80. The number of aromatic hydroxyl groups is 1. The number of carbonyl (C=O) groups is 1. The Hall–Kier alpha value is -1.16. The molecular formula is C12H15NO2S. The molecule has 0 aliphatic carbocycles. The van der Waals surface area contributed by atoms with Crippen molar-refractivity contribution in [1.29, 1.82) is 0 Å². The van der Waals surface area contributed by atoms with E-state index >= 15 is 0 Å². The van der Waals surface area contributed by atoms with Crippen LogP contribution in [0.1, 0.15) is 16.8 Å². The number of benzene rings is 1. The minimum absolute atomic E-state index is 0.0424. The number of phenols is 1. The highest BCUT2D eigenvalue weighted by Crippen LogP contribution is 2.22. The summed E-state index contributed by atoms with van der Waals surface area (Å²) in [5.41, 5.74) is 0.355. The van der Waals surface area contributed by atoms with Crippen LogP contribution in [0.5, 0.6) is 5.75 Å². The highest BCUT2D eigenvalue weighted by atomic mass is 32.2. The molecule has 1 aromatic carbocycles. The molecule has 4 heteroatoms. The van der Waals surface area contributed by atoms with Crippen molar-refractivity contribution < 1.29 is 9.90 Å². The molecule has 0 bridgehead atoms. The van der Waals surface area contributed by atoms with Crippen LogP contribution in [0.25, 0.3) is 0 Å². The van der Waals surface area contributed by atoms with Crippen LogP contribution < -0.4 is 5.32 Å². The fourth-order valence-electron chi connectivity index (χ4n) is 1.74. The third-order valence-corrected chi connectivity index (χ3v) is 3.96. The largest absolute Gasteiger partial charge is 0.507 e. The summed E-state index contributed by atoms with van der Waals surface area (Å²) in [6.07, 6.45) is 1.17. The third kappa shape index (κ3) is 2.70. The number of rotatable bonds is 3. The smallest absolute Gasteiger partial charge is 0.255 e. The van der Waals surface area contributed by atoms with Crippen molar-refractivity contribution in [1.82, 2.24) is 5.32 Å². The highest BCUT2D eigenvalue weighted by Gasteiger charge is 2.17. The molecule has 1 aliphatic rings. The molecule has 1 aromatic rings. The average Bonchev–Trinajstić information content (AvgIpc) is 2.79. The fourth-order valence-corrected chi connectivity index (χ4v) is 3.03. The quantitative estimate of drug-likeness (QED) is 0.844. The van der Waals surface area contributed by atoms with Gasteiger partial charge in [-0.25, -0.2) is 0 Å². The first-order valence-electron chi connectivity index (χ1n) is 5.41. The standard InChI is InChI=1S/C12H15NO2S/c14-11-4-2-1-3-10(11)12(15)13-7-9-5-6-16-8-9/h1-4,9,14H,5-8H2,(H,13,15). The molecule has 1 atom stereocenters. The number of carbonyl (C=O) groups excluding carboxylic acids is 1. The Morgan fingerprint density at radius 3 is 3.00 bits per heavy atom. The molecule has 2 N–H and O–H groups in total. The SMILES string of the molecule is O=C(NCC1CCSC1)c1ccccc1O. The second kappa shape index (κ2) is 5.25. The van der Waals surface area contributed by atoms with Crippen molar-refractivity contribution in [3.8, 4) is 5.75 Å². The normalized spacial score (nSPS) is 19.6. The molecule has 0 spiro atoms. The van der Waals surface area contributed by atoms with Gasteiger partial charge in [-0.3, -0.25) is 4.79 Å². The molecule has 2 rings (SSSR count). The summed E-state index contributed by atoms with van der Waals surface area (Å²) in [6, 6.07) is 6.62. The number of amides is 1. The van der Waals surface area contributed by atoms with Crippen molar-refractivity contribution in [2.75, 3.05) is 18.1 Å². The van der Waals surface area contributed by atoms with E-state index in [1.165, 1.54) is 18.2 Å². The van der Waals surface area contributed by atoms with Crippen LogP contribution in [0.4, 0.5) is 0 Å². The van der Waals surface area contributed by atoms with Crippen molar-refractivity contribution >= 4 is 17.7 Å². The van der Waals surface area contributed by atoms with Gasteiger partial charge in [-0.2, -0.15) is 11.8 Å². The van der Waals surface area contributed by atoms with Crippen LogP contribution in [0.3, 0.4) is 0 Å². The predicted molar refractivity (Wildman–Crippen MR) is 65.9 cm³/mol. The maximum absolute atomic E-state index is 11.7. The van der Waals surface area contributed by atoms with Crippen LogP contribution in [-0.4, -0.2) is 29.1 Å². The topological polar surface area (TPSA) is 49.3 Å². The third-order valence-electron chi connectivity index (χ3n) is 2.72. The first kappa shape index (κ1) is 11.3. The number of thioether (sulfide) groups is 1. The molecule has 1 aliphatic heterocycles. The van der Waals surface area contributed by atoms with Gasteiger partial charge in [0.1, 0.15) is 5.75 Å². The van der Waals surface area contributed by atoms with Crippen molar-refractivity contribution in [2.45, 2.75) is 6.42 Å². The van der Waals surface area contributed by atoms with Crippen LogP contribution in [0, 0.1) is 5.92 Å². The Bertz CT molecular complexity index is 375. The van der Waals surface area contributed by atoms with Crippen LogP contribution >= 0.6 is 11.8 Å². The second-order valence-corrected chi connectivity index (χ2v) is 5.11. The maximum Gasteiger partial charge on any atom is 0.255 e. The molecule has 1 saturated heterocycles. The Labute approximate surface area is 99.2 Å². The van der Waals surface area contributed by atoms with E-state index in [4.69, 9.17) is 0 Å². The molecule has 1 unspecified atom stereocenters. The molecule has 1 amide bonds. The molecular weight excluding hydrogens is 222 g/mol. The number of phenolic OH excluding ortho intramolecular Hbond substituents is 1. The summed E-state index contributed by atoms with van der Waals surface area (Å²) >= 11 is 1.93. The summed E-state index contributed by atoms with van der Waals surface area (Å²) in [4.78, 5) is 11.7. The fraction of sp³-hybridized carbons (Fsp3) is 0.417. The Morgan fingerprint density at radius 1 is 1.50 bits per heavy atom. The first-order chi connectivity index (χ1) is 7.77. The zero-order chi connectivity index (χ0) is 11.4. The first-order valence-corrected chi connectivity index (χ1v) is 6.57. The van der Waals surface area contributed by atoms with E-state index in [0.717, 1.165) is 5.75 Å². The van der Waals surface area contributed by atoms with E-state index in [2.05, 4.69) is 5.32 Å². The average molecular weight is 237 g/mol. The number of hydrogen-bond donors (Lipinski definition) is 2. The lowest BCUT2D eigenvalue weighted by Crippen LogP contribution is -2.29.